The minimum absolute atomic E-state index is 0.157. The molecule has 0 radical (unpaired) electrons. The van der Waals surface area contributed by atoms with E-state index < -0.39 is 23.6 Å². The van der Waals surface area contributed by atoms with Crippen LogP contribution >= 0.6 is 0 Å². The van der Waals surface area contributed by atoms with E-state index in [0.717, 1.165) is 23.8 Å². The Hall–Kier alpha value is -4.14. The van der Waals surface area contributed by atoms with Crippen molar-refractivity contribution >= 4 is 23.7 Å². The highest BCUT2D eigenvalue weighted by Crippen LogP contribution is 2.30. The van der Waals surface area contributed by atoms with Gasteiger partial charge in [-0.3, -0.25) is 9.59 Å². The zero-order chi connectivity index (χ0) is 23.8. The number of nitrogens with zero attached hydrogens (tertiary/aromatic N) is 1. The maximum Gasteiger partial charge on any atom is 0.416 e. The van der Waals surface area contributed by atoms with E-state index in [1.807, 2.05) is 36.6 Å². The predicted molar refractivity (Wildman–Crippen MR) is 118 cm³/mol. The van der Waals surface area contributed by atoms with Crippen LogP contribution in [0.4, 0.5) is 18.9 Å². The Balaban J connectivity index is 1.48. The van der Waals surface area contributed by atoms with E-state index >= 15 is 0 Å². The maximum absolute atomic E-state index is 12.7. The Labute approximate surface area is 188 Å². The molecule has 2 amide bonds. The monoisotopic (exact) mass is 455 g/mol. The van der Waals surface area contributed by atoms with E-state index in [2.05, 4.69) is 10.4 Å². The van der Waals surface area contributed by atoms with Gasteiger partial charge in [-0.15, -0.1) is 0 Å². The van der Waals surface area contributed by atoms with Gasteiger partial charge in [0.05, 0.1) is 11.8 Å². The van der Waals surface area contributed by atoms with Crippen LogP contribution in [0.25, 0.3) is 0 Å². The summed E-state index contributed by atoms with van der Waals surface area (Å²) in [4.78, 5) is 23.7. The summed E-state index contributed by atoms with van der Waals surface area (Å²) in [6.07, 6.45) is -3.24. The highest BCUT2D eigenvalue weighted by atomic mass is 19.4. The highest BCUT2D eigenvalue weighted by Gasteiger charge is 2.30. The molecule has 0 aromatic heterocycles. The molecule has 6 nitrogen and oxygen atoms in total. The zero-order valence-corrected chi connectivity index (χ0v) is 17.5. The van der Waals surface area contributed by atoms with Crippen LogP contribution in [0.3, 0.4) is 0 Å². The number of rotatable bonds is 6. The van der Waals surface area contributed by atoms with E-state index in [1.54, 1.807) is 24.3 Å². The number of amides is 2. The number of ether oxygens (including phenoxy) is 1. The lowest BCUT2D eigenvalue weighted by Gasteiger charge is -2.09. The molecule has 0 saturated heterocycles. The molecule has 0 aliphatic heterocycles. The lowest BCUT2D eigenvalue weighted by Crippen LogP contribution is -2.32. The number of benzene rings is 3. The van der Waals surface area contributed by atoms with Gasteiger partial charge in [-0.1, -0.05) is 35.9 Å². The van der Waals surface area contributed by atoms with Crippen LogP contribution in [0.5, 0.6) is 5.75 Å². The van der Waals surface area contributed by atoms with Gasteiger partial charge in [-0.05, 0) is 60.5 Å². The Morgan fingerprint density at radius 1 is 0.970 bits per heavy atom. The summed E-state index contributed by atoms with van der Waals surface area (Å²) in [5.41, 5.74) is 3.77. The lowest BCUT2D eigenvalue weighted by atomic mass is 10.2. The van der Waals surface area contributed by atoms with Crippen LogP contribution in [-0.2, 0) is 22.4 Å². The van der Waals surface area contributed by atoms with Gasteiger partial charge >= 0.3 is 18.0 Å². The topological polar surface area (TPSA) is 79.8 Å². The van der Waals surface area contributed by atoms with Gasteiger partial charge in [0.1, 0.15) is 12.4 Å². The molecule has 3 aromatic rings. The van der Waals surface area contributed by atoms with Crippen LogP contribution in [0.1, 0.15) is 22.3 Å². The average Bonchev–Trinajstić information content (AvgIpc) is 2.79. The summed E-state index contributed by atoms with van der Waals surface area (Å²) >= 11 is 0. The smallest absolute Gasteiger partial charge is 0.416 e. The Morgan fingerprint density at radius 2 is 1.67 bits per heavy atom. The summed E-state index contributed by atoms with van der Waals surface area (Å²) < 4.78 is 43.9. The second-order valence-corrected chi connectivity index (χ2v) is 7.08. The SMILES string of the molecule is Cc1ccc(COc2ccc(C=NNC(=O)C(=O)Nc3cccc(C(F)(F)F)c3)cc2)cc1. The molecule has 0 fully saturated rings. The molecule has 0 spiro atoms. The molecule has 3 rings (SSSR count). The normalized spacial score (nSPS) is 11.3. The van der Waals surface area contributed by atoms with Crippen LogP contribution in [0.15, 0.2) is 77.9 Å². The summed E-state index contributed by atoms with van der Waals surface area (Å²) in [6.45, 7) is 2.43. The molecule has 3 aromatic carbocycles. The third-order valence-corrected chi connectivity index (χ3v) is 4.44. The number of hydrogen-bond donors (Lipinski definition) is 2. The molecule has 9 heteroatoms. The fraction of sp³-hybridized carbons (Fsp3) is 0.125. The maximum atomic E-state index is 12.7. The highest BCUT2D eigenvalue weighted by molar-refractivity contribution is 6.39. The summed E-state index contributed by atoms with van der Waals surface area (Å²) in [5.74, 6) is -1.62. The average molecular weight is 455 g/mol. The molecule has 0 heterocycles. The van der Waals surface area contributed by atoms with Crippen molar-refractivity contribution in [2.45, 2.75) is 19.7 Å². The second-order valence-electron chi connectivity index (χ2n) is 7.08. The molecule has 0 bridgehead atoms. The van der Waals surface area contributed by atoms with E-state index in [-0.39, 0.29) is 5.69 Å². The van der Waals surface area contributed by atoms with Crippen molar-refractivity contribution in [3.63, 3.8) is 0 Å². The molecule has 0 atom stereocenters. The summed E-state index contributed by atoms with van der Waals surface area (Å²) in [7, 11) is 0. The number of hydrazone groups is 1. The number of carbonyl (C=O) groups excluding carboxylic acids is 2. The van der Waals surface area contributed by atoms with Gasteiger partial charge < -0.3 is 10.1 Å². The third-order valence-electron chi connectivity index (χ3n) is 4.44. The van der Waals surface area contributed by atoms with E-state index in [9.17, 15) is 22.8 Å². The van der Waals surface area contributed by atoms with Crippen LogP contribution in [0, 0.1) is 6.92 Å². The minimum atomic E-state index is -4.56. The van der Waals surface area contributed by atoms with Gasteiger partial charge in [-0.25, -0.2) is 5.43 Å². The fourth-order valence-corrected chi connectivity index (χ4v) is 2.68. The number of anilines is 1. The van der Waals surface area contributed by atoms with Crippen molar-refractivity contribution in [3.05, 3.63) is 95.1 Å². The first-order chi connectivity index (χ1) is 15.7. The molecule has 170 valence electrons. The molecule has 0 unspecified atom stereocenters. The van der Waals surface area contributed by atoms with Crippen molar-refractivity contribution in [1.82, 2.24) is 5.43 Å². The van der Waals surface area contributed by atoms with Crippen LogP contribution < -0.4 is 15.5 Å². The molecule has 0 aliphatic carbocycles. The van der Waals surface area contributed by atoms with Crippen molar-refractivity contribution in [1.29, 1.82) is 0 Å². The number of alkyl halides is 3. The second kappa shape index (κ2) is 10.4. The van der Waals surface area contributed by atoms with Gasteiger partial charge in [0, 0.05) is 5.69 Å². The summed E-state index contributed by atoms with van der Waals surface area (Å²) in [6, 6.07) is 18.8. The van der Waals surface area contributed by atoms with Gasteiger partial charge in [0.2, 0.25) is 0 Å². The van der Waals surface area contributed by atoms with E-state index in [0.29, 0.717) is 17.9 Å². The van der Waals surface area contributed by atoms with Crippen LogP contribution in [-0.4, -0.2) is 18.0 Å². The fourth-order valence-electron chi connectivity index (χ4n) is 2.68. The number of halogens is 3. The van der Waals surface area contributed by atoms with Crippen molar-refractivity contribution in [2.75, 3.05) is 5.32 Å². The van der Waals surface area contributed by atoms with Crippen molar-refractivity contribution < 1.29 is 27.5 Å². The lowest BCUT2D eigenvalue weighted by molar-refractivity contribution is -0.137. The van der Waals surface area contributed by atoms with Gasteiger partial charge in [0.25, 0.3) is 0 Å². The first-order valence-electron chi connectivity index (χ1n) is 9.81. The Bertz CT molecular complexity index is 1140. The molecular formula is C24H20F3N3O3. The largest absolute Gasteiger partial charge is 0.489 e. The van der Waals surface area contributed by atoms with E-state index in [4.69, 9.17) is 4.74 Å². The molecular weight excluding hydrogens is 435 g/mol. The molecule has 0 aliphatic rings. The third kappa shape index (κ3) is 7.20. The van der Waals surface area contributed by atoms with Crippen molar-refractivity contribution in [2.24, 2.45) is 5.10 Å². The number of carbonyl (C=O) groups is 2. The minimum Gasteiger partial charge on any atom is -0.489 e. The molecule has 0 saturated carbocycles. The van der Waals surface area contributed by atoms with E-state index in [1.165, 1.54) is 17.8 Å². The van der Waals surface area contributed by atoms with Gasteiger partial charge in [0.15, 0.2) is 0 Å². The Kier molecular flexibility index (Phi) is 7.45. The van der Waals surface area contributed by atoms with Gasteiger partial charge in [-0.2, -0.15) is 18.3 Å². The number of nitrogens with one attached hydrogen (secondary N) is 2. The quantitative estimate of drug-likeness (QED) is 0.322. The Morgan fingerprint density at radius 3 is 2.33 bits per heavy atom. The molecule has 2 N–H and O–H groups in total. The predicted octanol–water partition coefficient (Wildman–Crippen LogP) is 4.68. The summed E-state index contributed by atoms with van der Waals surface area (Å²) in [5, 5.41) is 5.79. The van der Waals surface area contributed by atoms with Crippen LogP contribution in [0.2, 0.25) is 0 Å². The van der Waals surface area contributed by atoms with Crippen molar-refractivity contribution in [3.8, 4) is 5.75 Å². The zero-order valence-electron chi connectivity index (χ0n) is 17.5. The first kappa shape index (κ1) is 23.5. The first-order valence-corrected chi connectivity index (χ1v) is 9.81. The number of aryl methyl sites for hydroxylation is 1. The standard InChI is InChI=1S/C24H20F3N3O3/c1-16-5-7-18(8-6-16)15-33-21-11-9-17(10-12-21)14-28-30-23(32)22(31)29-20-4-2-3-19(13-20)24(25,26)27/h2-14H,15H2,1H3,(H,29,31)(H,30,32). The molecule has 33 heavy (non-hydrogen) atoms. The number of hydrogen-bond acceptors (Lipinski definition) is 4.